The summed E-state index contributed by atoms with van der Waals surface area (Å²) < 4.78 is 40.2. The van der Waals surface area contributed by atoms with Crippen molar-refractivity contribution in [2.75, 3.05) is 5.75 Å². The maximum atomic E-state index is 13.0. The topological polar surface area (TPSA) is 46.2 Å². The molecule has 0 aromatic heterocycles. The molecule has 0 fully saturated rings. The molecule has 0 amide bonds. The Bertz CT molecular complexity index is 710. The van der Waals surface area contributed by atoms with Crippen molar-refractivity contribution in [1.29, 1.82) is 0 Å². The SMILES string of the molecule is CC(C)(NS(=O)(=O)CCc1ccccc1)c1ccc(F)cc1. The van der Waals surface area contributed by atoms with Gasteiger partial charge < -0.3 is 0 Å². The average molecular weight is 321 g/mol. The minimum Gasteiger partial charge on any atom is -0.212 e. The van der Waals surface area contributed by atoms with Crippen LogP contribution in [0.15, 0.2) is 54.6 Å². The summed E-state index contributed by atoms with van der Waals surface area (Å²) in [4.78, 5) is 0. The van der Waals surface area contributed by atoms with Crippen LogP contribution in [0.1, 0.15) is 25.0 Å². The molecule has 3 nitrogen and oxygen atoms in total. The summed E-state index contributed by atoms with van der Waals surface area (Å²) in [5.41, 5.74) is 0.910. The second-order valence-electron chi connectivity index (χ2n) is 5.79. The number of rotatable bonds is 6. The van der Waals surface area contributed by atoms with E-state index in [1.54, 1.807) is 26.0 Å². The van der Waals surface area contributed by atoms with Gasteiger partial charge in [0.15, 0.2) is 0 Å². The van der Waals surface area contributed by atoms with Gasteiger partial charge in [0.2, 0.25) is 10.0 Å². The number of aryl methyl sites for hydroxylation is 1. The Morgan fingerprint density at radius 3 is 2.18 bits per heavy atom. The van der Waals surface area contributed by atoms with Gasteiger partial charge >= 0.3 is 0 Å². The first kappa shape index (κ1) is 16.6. The summed E-state index contributed by atoms with van der Waals surface area (Å²) in [6, 6.07) is 15.3. The highest BCUT2D eigenvalue weighted by atomic mass is 32.2. The molecule has 2 aromatic carbocycles. The van der Waals surface area contributed by atoms with Crippen molar-refractivity contribution in [2.45, 2.75) is 25.8 Å². The van der Waals surface area contributed by atoms with Gasteiger partial charge in [-0.3, -0.25) is 0 Å². The molecule has 118 valence electrons. The Kier molecular flexibility index (Phi) is 4.98. The smallest absolute Gasteiger partial charge is 0.212 e. The molecule has 1 N–H and O–H groups in total. The van der Waals surface area contributed by atoms with E-state index in [2.05, 4.69) is 4.72 Å². The summed E-state index contributed by atoms with van der Waals surface area (Å²) >= 11 is 0. The summed E-state index contributed by atoms with van der Waals surface area (Å²) in [5, 5.41) is 0. The van der Waals surface area contributed by atoms with Gasteiger partial charge in [-0.05, 0) is 43.5 Å². The van der Waals surface area contributed by atoms with Crippen LogP contribution in [0.25, 0.3) is 0 Å². The molecule has 0 atom stereocenters. The fourth-order valence-corrected chi connectivity index (χ4v) is 3.76. The van der Waals surface area contributed by atoms with Crippen molar-refractivity contribution in [3.05, 3.63) is 71.5 Å². The largest absolute Gasteiger partial charge is 0.212 e. The fourth-order valence-electron chi connectivity index (χ4n) is 2.26. The van der Waals surface area contributed by atoms with Crippen LogP contribution in [0.4, 0.5) is 4.39 Å². The number of nitrogens with one attached hydrogen (secondary N) is 1. The molecular formula is C17H20FNO2S. The van der Waals surface area contributed by atoms with Gasteiger partial charge in [0.25, 0.3) is 0 Å². The molecule has 0 aliphatic heterocycles. The van der Waals surface area contributed by atoms with Crippen LogP contribution in [0, 0.1) is 5.82 Å². The lowest BCUT2D eigenvalue weighted by atomic mass is 9.96. The first-order valence-electron chi connectivity index (χ1n) is 7.10. The van der Waals surface area contributed by atoms with Crippen LogP contribution in [-0.4, -0.2) is 14.2 Å². The van der Waals surface area contributed by atoms with E-state index in [-0.39, 0.29) is 11.6 Å². The molecule has 5 heteroatoms. The van der Waals surface area contributed by atoms with Gasteiger partial charge in [0.1, 0.15) is 5.82 Å². The zero-order valence-electron chi connectivity index (χ0n) is 12.7. The third kappa shape index (κ3) is 4.64. The normalized spacial score (nSPS) is 12.3. The average Bonchev–Trinajstić information content (AvgIpc) is 2.46. The number of sulfonamides is 1. The number of hydrogen-bond donors (Lipinski definition) is 1. The van der Waals surface area contributed by atoms with Gasteiger partial charge in [-0.1, -0.05) is 42.5 Å². The lowest BCUT2D eigenvalue weighted by molar-refractivity contribution is 0.471. The predicted molar refractivity (Wildman–Crippen MR) is 86.5 cm³/mol. The Morgan fingerprint density at radius 1 is 1.00 bits per heavy atom. The van der Waals surface area contributed by atoms with Gasteiger partial charge in [-0.15, -0.1) is 0 Å². The van der Waals surface area contributed by atoms with E-state index >= 15 is 0 Å². The highest BCUT2D eigenvalue weighted by molar-refractivity contribution is 7.89. The Balaban J connectivity index is 2.05. The van der Waals surface area contributed by atoms with Gasteiger partial charge in [-0.25, -0.2) is 17.5 Å². The molecule has 0 saturated carbocycles. The van der Waals surface area contributed by atoms with Crippen LogP contribution in [0.5, 0.6) is 0 Å². The Hall–Kier alpha value is -1.72. The molecule has 0 bridgehead atoms. The first-order chi connectivity index (χ1) is 10.3. The van der Waals surface area contributed by atoms with E-state index in [9.17, 15) is 12.8 Å². The van der Waals surface area contributed by atoms with Crippen LogP contribution >= 0.6 is 0 Å². The van der Waals surface area contributed by atoms with E-state index < -0.39 is 15.6 Å². The molecular weight excluding hydrogens is 301 g/mol. The zero-order valence-corrected chi connectivity index (χ0v) is 13.5. The predicted octanol–water partition coefficient (Wildman–Crippen LogP) is 3.22. The summed E-state index contributed by atoms with van der Waals surface area (Å²) in [6.45, 7) is 3.53. The monoisotopic (exact) mass is 321 g/mol. The van der Waals surface area contributed by atoms with Crippen molar-refractivity contribution in [1.82, 2.24) is 4.72 Å². The molecule has 0 spiro atoms. The molecule has 0 unspecified atom stereocenters. The number of halogens is 1. The van der Waals surface area contributed by atoms with Crippen molar-refractivity contribution in [3.63, 3.8) is 0 Å². The van der Waals surface area contributed by atoms with E-state index in [0.717, 1.165) is 11.1 Å². The Labute approximate surface area is 131 Å². The van der Waals surface area contributed by atoms with Crippen LogP contribution < -0.4 is 4.72 Å². The summed E-state index contributed by atoms with van der Waals surface area (Å²) in [7, 11) is -3.44. The molecule has 2 rings (SSSR count). The Morgan fingerprint density at radius 2 is 1.59 bits per heavy atom. The maximum Gasteiger partial charge on any atom is 0.212 e. The van der Waals surface area contributed by atoms with E-state index in [1.807, 2.05) is 30.3 Å². The molecule has 22 heavy (non-hydrogen) atoms. The quantitative estimate of drug-likeness (QED) is 0.888. The van der Waals surface area contributed by atoms with Crippen LogP contribution in [0.2, 0.25) is 0 Å². The molecule has 2 aromatic rings. The third-order valence-corrected chi connectivity index (χ3v) is 5.04. The standard InChI is InChI=1S/C17H20FNO2S/c1-17(2,15-8-10-16(18)11-9-15)19-22(20,21)13-12-14-6-4-3-5-7-14/h3-11,19H,12-13H2,1-2H3. The second-order valence-corrected chi connectivity index (χ2v) is 7.63. The molecule has 0 radical (unpaired) electrons. The van der Waals surface area contributed by atoms with E-state index in [1.165, 1.54) is 12.1 Å². The van der Waals surface area contributed by atoms with E-state index in [0.29, 0.717) is 6.42 Å². The van der Waals surface area contributed by atoms with Crippen molar-refractivity contribution < 1.29 is 12.8 Å². The van der Waals surface area contributed by atoms with Crippen molar-refractivity contribution in [3.8, 4) is 0 Å². The molecule has 0 aliphatic rings. The molecule has 0 heterocycles. The third-order valence-electron chi connectivity index (χ3n) is 3.48. The lowest BCUT2D eigenvalue weighted by Crippen LogP contribution is -2.42. The highest BCUT2D eigenvalue weighted by Gasteiger charge is 2.26. The summed E-state index contributed by atoms with van der Waals surface area (Å²) in [5.74, 6) is -0.326. The number of benzene rings is 2. The van der Waals surface area contributed by atoms with Crippen LogP contribution in [0.3, 0.4) is 0 Å². The van der Waals surface area contributed by atoms with Crippen molar-refractivity contribution in [2.24, 2.45) is 0 Å². The van der Waals surface area contributed by atoms with E-state index in [4.69, 9.17) is 0 Å². The van der Waals surface area contributed by atoms with Gasteiger partial charge in [0, 0.05) is 0 Å². The minimum absolute atomic E-state index is 0.0155. The fraction of sp³-hybridized carbons (Fsp3) is 0.294. The zero-order chi connectivity index (χ0) is 16.2. The van der Waals surface area contributed by atoms with Gasteiger partial charge in [0.05, 0.1) is 11.3 Å². The molecule has 0 saturated heterocycles. The second kappa shape index (κ2) is 6.58. The minimum atomic E-state index is -3.44. The van der Waals surface area contributed by atoms with Crippen molar-refractivity contribution >= 4 is 10.0 Å². The highest BCUT2D eigenvalue weighted by Crippen LogP contribution is 2.21. The number of hydrogen-bond acceptors (Lipinski definition) is 2. The van der Waals surface area contributed by atoms with Gasteiger partial charge in [-0.2, -0.15) is 0 Å². The maximum absolute atomic E-state index is 13.0. The van der Waals surface area contributed by atoms with Crippen LogP contribution in [-0.2, 0) is 22.0 Å². The first-order valence-corrected chi connectivity index (χ1v) is 8.75. The lowest BCUT2D eigenvalue weighted by Gasteiger charge is -2.26. The summed E-state index contributed by atoms with van der Waals surface area (Å²) in [6.07, 6.45) is 0.454. The molecule has 0 aliphatic carbocycles.